The highest BCUT2D eigenvalue weighted by molar-refractivity contribution is 7.46. The second-order valence-corrected chi connectivity index (χ2v) is 12.3. The molecule has 36 heavy (non-hydrogen) atoms. The molecule has 208 valence electrons. The lowest BCUT2D eigenvalue weighted by molar-refractivity contribution is -0.217. The Morgan fingerprint density at radius 2 is 1.14 bits per heavy atom. The SMILES string of the molecule is O=P(O)(O)O[C@H]1C[C@H](N2CNCC3C4CNCN([C@H]5C[C@H](OP(=O)(O)O)[C@@H](CO)O5)C4C32)O[C@@H]1CO. The van der Waals surface area contributed by atoms with Crippen LogP contribution in [0, 0.1) is 11.8 Å². The maximum atomic E-state index is 11.4. The number of phosphoric ester groups is 2. The molecule has 4 unspecified atom stereocenters. The summed E-state index contributed by atoms with van der Waals surface area (Å²) >= 11 is 0. The third kappa shape index (κ3) is 5.47. The normalized spacial score (nSPS) is 44.3. The zero-order chi connectivity index (χ0) is 25.8. The largest absolute Gasteiger partial charge is 0.469 e. The molecule has 5 rings (SSSR count). The van der Waals surface area contributed by atoms with Crippen LogP contribution in [0.3, 0.4) is 0 Å². The molecule has 10 atom stereocenters. The Morgan fingerprint density at radius 3 is 1.47 bits per heavy atom. The summed E-state index contributed by atoms with van der Waals surface area (Å²) in [6.07, 6.45) is -4.43. The zero-order valence-electron chi connectivity index (χ0n) is 19.4. The van der Waals surface area contributed by atoms with Gasteiger partial charge in [0.1, 0.15) is 36.9 Å². The number of hydrogen-bond donors (Lipinski definition) is 8. The third-order valence-corrected chi connectivity index (χ3v) is 8.99. The van der Waals surface area contributed by atoms with E-state index in [1.54, 1.807) is 0 Å². The van der Waals surface area contributed by atoms with Crippen molar-refractivity contribution >= 4 is 15.6 Å². The summed E-state index contributed by atoms with van der Waals surface area (Å²) in [6.45, 7) is 1.57. The highest BCUT2D eigenvalue weighted by atomic mass is 31.2. The number of hydrogen-bond acceptors (Lipinski definition) is 12. The Bertz CT molecular complexity index is 822. The fourth-order valence-electron chi connectivity index (χ4n) is 6.53. The van der Waals surface area contributed by atoms with Gasteiger partial charge in [0.05, 0.1) is 26.6 Å². The van der Waals surface area contributed by atoms with Gasteiger partial charge in [0.15, 0.2) is 0 Å². The molecule has 0 aromatic carbocycles. The van der Waals surface area contributed by atoms with Gasteiger partial charge < -0.3 is 49.9 Å². The molecule has 1 saturated carbocycles. The quantitative estimate of drug-likeness (QED) is 0.137. The van der Waals surface area contributed by atoms with Crippen LogP contribution in [0.1, 0.15) is 12.8 Å². The predicted octanol–water partition coefficient (Wildman–Crippen LogP) is -3.13. The number of fused-ring (bicyclic) bond motifs is 4. The lowest BCUT2D eigenvalue weighted by Gasteiger charge is -2.65. The second kappa shape index (κ2) is 10.5. The van der Waals surface area contributed by atoms with Gasteiger partial charge in [0.2, 0.25) is 0 Å². The summed E-state index contributed by atoms with van der Waals surface area (Å²) in [4.78, 5) is 41.2. The van der Waals surface area contributed by atoms with Gasteiger partial charge in [-0.1, -0.05) is 0 Å². The van der Waals surface area contributed by atoms with Gasteiger partial charge in [-0.3, -0.25) is 18.8 Å². The van der Waals surface area contributed by atoms with E-state index < -0.39 is 65.7 Å². The van der Waals surface area contributed by atoms with Gasteiger partial charge in [0, 0.05) is 38.0 Å². The van der Waals surface area contributed by atoms with Crippen LogP contribution in [-0.2, 0) is 27.7 Å². The fourth-order valence-corrected chi connectivity index (χ4v) is 7.68. The van der Waals surface area contributed by atoms with Crippen LogP contribution in [0.5, 0.6) is 0 Å². The van der Waals surface area contributed by atoms with Crippen LogP contribution in [0.15, 0.2) is 0 Å². The van der Waals surface area contributed by atoms with E-state index in [1.165, 1.54) is 0 Å². The number of nitrogens with zero attached hydrogens (tertiary/aromatic N) is 2. The van der Waals surface area contributed by atoms with Crippen molar-refractivity contribution in [3.05, 3.63) is 0 Å². The van der Waals surface area contributed by atoms with E-state index in [4.69, 9.17) is 18.5 Å². The number of rotatable bonds is 8. The molecule has 1 aliphatic carbocycles. The minimum absolute atomic E-state index is 0.00516. The lowest BCUT2D eigenvalue weighted by Crippen LogP contribution is -2.80. The van der Waals surface area contributed by atoms with E-state index in [0.717, 1.165) is 13.1 Å². The summed E-state index contributed by atoms with van der Waals surface area (Å²) in [5.74, 6) is 0.489. The van der Waals surface area contributed by atoms with E-state index in [9.17, 15) is 38.9 Å². The van der Waals surface area contributed by atoms with Crippen LogP contribution < -0.4 is 10.6 Å². The Labute approximate surface area is 207 Å². The third-order valence-electron chi connectivity index (χ3n) is 7.90. The van der Waals surface area contributed by atoms with Crippen molar-refractivity contribution in [2.24, 2.45) is 11.8 Å². The first-order chi connectivity index (χ1) is 17.0. The van der Waals surface area contributed by atoms with E-state index in [-0.39, 0.29) is 36.8 Å². The molecule has 8 N–H and O–H groups in total. The summed E-state index contributed by atoms with van der Waals surface area (Å²) in [5, 5.41) is 26.1. The Morgan fingerprint density at radius 1 is 0.750 bits per heavy atom. The van der Waals surface area contributed by atoms with Crippen molar-refractivity contribution in [1.82, 2.24) is 20.4 Å². The molecule has 16 nitrogen and oxygen atoms in total. The van der Waals surface area contributed by atoms with Crippen LogP contribution in [0.4, 0.5) is 0 Å². The van der Waals surface area contributed by atoms with E-state index in [0.29, 0.717) is 13.3 Å². The summed E-state index contributed by atoms with van der Waals surface area (Å²) in [5.41, 5.74) is 0. The molecule has 18 heteroatoms. The fraction of sp³-hybridized carbons (Fsp3) is 1.00. The van der Waals surface area contributed by atoms with Crippen molar-refractivity contribution in [1.29, 1.82) is 0 Å². The van der Waals surface area contributed by atoms with Gasteiger partial charge in [-0.25, -0.2) is 9.13 Å². The van der Waals surface area contributed by atoms with Crippen molar-refractivity contribution in [3.8, 4) is 0 Å². The van der Waals surface area contributed by atoms with Crippen LogP contribution in [-0.4, -0.2) is 128 Å². The van der Waals surface area contributed by atoms with Crippen molar-refractivity contribution in [2.45, 2.75) is 61.8 Å². The molecular weight excluding hydrogens is 526 g/mol. The molecule has 0 aromatic rings. The number of ether oxygens (including phenoxy) is 2. The summed E-state index contributed by atoms with van der Waals surface area (Å²) in [6, 6.07) is -0.0103. The number of nitrogens with one attached hydrogen (secondary N) is 2. The predicted molar refractivity (Wildman–Crippen MR) is 119 cm³/mol. The molecular formula is C18H34N4O12P2. The van der Waals surface area contributed by atoms with Gasteiger partial charge >= 0.3 is 15.6 Å². The minimum Gasteiger partial charge on any atom is -0.394 e. The first-order valence-electron chi connectivity index (χ1n) is 11.9. The molecule has 0 radical (unpaired) electrons. The average Bonchev–Trinajstić information content (AvgIpc) is 3.37. The maximum Gasteiger partial charge on any atom is 0.469 e. The van der Waals surface area contributed by atoms with Gasteiger partial charge in [-0.05, 0) is 11.8 Å². The van der Waals surface area contributed by atoms with Gasteiger partial charge in [-0.15, -0.1) is 0 Å². The Balaban J connectivity index is 1.32. The molecule has 4 aliphatic heterocycles. The average molecular weight is 560 g/mol. The highest BCUT2D eigenvalue weighted by Gasteiger charge is 2.61. The molecule has 5 fully saturated rings. The van der Waals surface area contributed by atoms with Crippen molar-refractivity contribution in [2.75, 3.05) is 39.6 Å². The smallest absolute Gasteiger partial charge is 0.394 e. The van der Waals surface area contributed by atoms with E-state index in [1.807, 2.05) is 0 Å². The monoisotopic (exact) mass is 560 g/mol. The van der Waals surface area contributed by atoms with Crippen LogP contribution in [0.2, 0.25) is 0 Å². The Kier molecular flexibility index (Phi) is 7.99. The first kappa shape index (κ1) is 27.5. The molecule has 0 bridgehead atoms. The highest BCUT2D eigenvalue weighted by Crippen LogP contribution is 2.50. The summed E-state index contributed by atoms with van der Waals surface area (Å²) in [7, 11) is -9.54. The second-order valence-electron chi connectivity index (χ2n) is 9.93. The number of aliphatic hydroxyl groups is 2. The Hall–Kier alpha value is -0.100. The molecule has 0 spiro atoms. The van der Waals surface area contributed by atoms with E-state index >= 15 is 0 Å². The standard InChI is InChI=1S/C18H34N4O12P2/c23-5-13-11(33-35(25,26)27)1-15(31-13)21-7-19-3-9-10-4-20-8-22(18(10)17(9)21)16-2-12(14(6-24)32-16)34-36(28,29)30/h9-20,23-24H,1-8H2,(H2,25,26,27)(H2,28,29,30)/t9?,10?,11-,12-,13+,14+,15+,16+,17?,18?/m0/s1. The van der Waals surface area contributed by atoms with Crippen LogP contribution >= 0.6 is 15.6 Å². The molecule has 4 saturated heterocycles. The number of phosphoric acid groups is 2. The summed E-state index contributed by atoms with van der Waals surface area (Å²) < 4.78 is 44.5. The molecule has 0 aromatic heterocycles. The first-order valence-corrected chi connectivity index (χ1v) is 15.0. The van der Waals surface area contributed by atoms with Crippen molar-refractivity contribution < 1.29 is 57.4 Å². The van der Waals surface area contributed by atoms with Gasteiger partial charge in [0.25, 0.3) is 0 Å². The van der Waals surface area contributed by atoms with Crippen molar-refractivity contribution in [3.63, 3.8) is 0 Å². The van der Waals surface area contributed by atoms with Crippen LogP contribution in [0.25, 0.3) is 0 Å². The zero-order valence-corrected chi connectivity index (χ0v) is 21.1. The lowest BCUT2D eigenvalue weighted by atomic mass is 9.61. The molecule has 0 amide bonds. The maximum absolute atomic E-state index is 11.4. The molecule has 5 aliphatic rings. The van der Waals surface area contributed by atoms with E-state index in [2.05, 4.69) is 20.4 Å². The molecule has 4 heterocycles. The number of aliphatic hydroxyl groups excluding tert-OH is 2. The topological polar surface area (TPSA) is 223 Å². The minimum atomic E-state index is -4.77. The van der Waals surface area contributed by atoms with Gasteiger partial charge in [-0.2, -0.15) is 0 Å².